The summed E-state index contributed by atoms with van der Waals surface area (Å²) >= 11 is 0. The summed E-state index contributed by atoms with van der Waals surface area (Å²) in [7, 11) is 1.97. The van der Waals surface area contributed by atoms with Crippen LogP contribution in [0.4, 0.5) is 17.1 Å². The van der Waals surface area contributed by atoms with Crippen LogP contribution in [0.2, 0.25) is 0 Å². The maximum atomic E-state index is 12.4. The molecule has 0 spiro atoms. The SMILES string of the molecule is CN(c1ccc(NC(=O)c2ccc([N+](=O)[O-])cc2)cc1C(N)=O)C1CCCCC1. The van der Waals surface area contributed by atoms with Crippen molar-refractivity contribution in [3.05, 3.63) is 63.7 Å². The first-order valence-electron chi connectivity index (χ1n) is 9.59. The molecule has 0 heterocycles. The maximum Gasteiger partial charge on any atom is 0.269 e. The Labute approximate surface area is 168 Å². The molecule has 8 heteroatoms. The number of carbonyl (C=O) groups excluding carboxylic acids is 2. The minimum absolute atomic E-state index is 0.0901. The molecule has 0 unspecified atom stereocenters. The molecule has 0 aliphatic heterocycles. The third kappa shape index (κ3) is 4.71. The van der Waals surface area contributed by atoms with E-state index in [1.165, 1.54) is 43.5 Å². The Bertz CT molecular complexity index is 921. The molecular formula is C21H24N4O4. The predicted octanol–water partition coefficient (Wildman–Crippen LogP) is 3.71. The Morgan fingerprint density at radius 3 is 2.34 bits per heavy atom. The monoisotopic (exact) mass is 396 g/mol. The summed E-state index contributed by atoms with van der Waals surface area (Å²) in [6, 6.07) is 10.8. The standard InChI is InChI=1S/C21H24N4O4/c1-24(16-5-3-2-4-6-16)19-12-9-15(13-18(19)20(22)26)23-21(27)14-7-10-17(11-8-14)25(28)29/h7-13,16H,2-6H2,1H3,(H2,22,26)(H,23,27). The molecule has 3 N–H and O–H groups in total. The van der Waals surface area contributed by atoms with E-state index in [4.69, 9.17) is 5.73 Å². The topological polar surface area (TPSA) is 119 Å². The largest absolute Gasteiger partial charge is 0.371 e. The van der Waals surface area contributed by atoms with Crippen molar-refractivity contribution < 1.29 is 14.5 Å². The quantitative estimate of drug-likeness (QED) is 0.570. The molecule has 0 radical (unpaired) electrons. The predicted molar refractivity (Wildman–Crippen MR) is 111 cm³/mol. The summed E-state index contributed by atoms with van der Waals surface area (Å²) in [5.41, 5.74) is 7.31. The summed E-state index contributed by atoms with van der Waals surface area (Å²) in [4.78, 5) is 36.8. The Kier molecular flexibility index (Phi) is 6.11. The molecule has 1 aliphatic carbocycles. The second-order valence-electron chi connectivity index (χ2n) is 7.26. The van der Waals surface area contributed by atoms with E-state index in [9.17, 15) is 19.7 Å². The highest BCUT2D eigenvalue weighted by molar-refractivity contribution is 6.06. The summed E-state index contributed by atoms with van der Waals surface area (Å²) < 4.78 is 0. The third-order valence-corrected chi connectivity index (χ3v) is 5.36. The van der Waals surface area contributed by atoms with E-state index >= 15 is 0 Å². The molecule has 3 rings (SSSR count). The van der Waals surface area contributed by atoms with Crippen molar-refractivity contribution in [2.75, 3.05) is 17.3 Å². The highest BCUT2D eigenvalue weighted by Gasteiger charge is 2.22. The molecule has 2 aromatic rings. The van der Waals surface area contributed by atoms with Crippen LogP contribution in [0.1, 0.15) is 52.8 Å². The molecule has 2 amide bonds. The number of hydrogen-bond acceptors (Lipinski definition) is 5. The number of primary amides is 1. The summed E-state index contributed by atoms with van der Waals surface area (Å²) in [5, 5.41) is 13.4. The van der Waals surface area contributed by atoms with Gasteiger partial charge in [0.1, 0.15) is 0 Å². The summed E-state index contributed by atoms with van der Waals surface area (Å²) in [6.45, 7) is 0. The lowest BCUT2D eigenvalue weighted by atomic mass is 9.93. The van der Waals surface area contributed by atoms with Crippen LogP contribution in [0.5, 0.6) is 0 Å². The van der Waals surface area contributed by atoms with Gasteiger partial charge in [0.05, 0.1) is 10.5 Å². The van der Waals surface area contributed by atoms with Crippen LogP contribution in [0.25, 0.3) is 0 Å². The van der Waals surface area contributed by atoms with E-state index in [1.54, 1.807) is 18.2 Å². The van der Waals surface area contributed by atoms with E-state index < -0.39 is 16.7 Å². The smallest absolute Gasteiger partial charge is 0.269 e. The zero-order valence-corrected chi connectivity index (χ0v) is 16.3. The second kappa shape index (κ2) is 8.72. The number of nitrogens with zero attached hydrogens (tertiary/aromatic N) is 2. The molecule has 29 heavy (non-hydrogen) atoms. The minimum atomic E-state index is -0.561. The first kappa shape index (κ1) is 20.3. The Hall–Kier alpha value is -3.42. The Balaban J connectivity index is 1.79. The number of rotatable bonds is 6. The van der Waals surface area contributed by atoms with E-state index in [0.29, 0.717) is 17.3 Å². The molecule has 8 nitrogen and oxygen atoms in total. The van der Waals surface area contributed by atoms with E-state index in [1.807, 2.05) is 7.05 Å². The van der Waals surface area contributed by atoms with Crippen LogP contribution in [0.15, 0.2) is 42.5 Å². The fourth-order valence-electron chi connectivity index (χ4n) is 3.72. The summed E-state index contributed by atoms with van der Waals surface area (Å²) in [5.74, 6) is -0.988. The van der Waals surface area contributed by atoms with Gasteiger partial charge in [-0.05, 0) is 43.2 Å². The van der Waals surface area contributed by atoms with Gasteiger partial charge in [-0.1, -0.05) is 19.3 Å². The highest BCUT2D eigenvalue weighted by atomic mass is 16.6. The molecule has 0 saturated heterocycles. The Morgan fingerprint density at radius 2 is 1.76 bits per heavy atom. The Morgan fingerprint density at radius 1 is 1.10 bits per heavy atom. The lowest BCUT2D eigenvalue weighted by molar-refractivity contribution is -0.384. The number of carbonyl (C=O) groups is 2. The van der Waals surface area contributed by atoms with Crippen LogP contribution < -0.4 is 16.0 Å². The van der Waals surface area contributed by atoms with Gasteiger partial charge in [-0.25, -0.2) is 0 Å². The maximum absolute atomic E-state index is 12.4. The van der Waals surface area contributed by atoms with Crippen LogP contribution in [0, 0.1) is 10.1 Å². The minimum Gasteiger partial charge on any atom is -0.371 e. The van der Waals surface area contributed by atoms with Gasteiger partial charge < -0.3 is 16.0 Å². The number of amides is 2. The van der Waals surface area contributed by atoms with Crippen molar-refractivity contribution in [2.45, 2.75) is 38.1 Å². The van der Waals surface area contributed by atoms with E-state index in [-0.39, 0.29) is 11.3 Å². The molecule has 2 aromatic carbocycles. The van der Waals surface area contributed by atoms with E-state index in [0.717, 1.165) is 18.5 Å². The van der Waals surface area contributed by atoms with Crippen LogP contribution >= 0.6 is 0 Å². The van der Waals surface area contributed by atoms with Gasteiger partial charge in [-0.2, -0.15) is 0 Å². The van der Waals surface area contributed by atoms with Gasteiger partial charge in [0.2, 0.25) is 0 Å². The van der Waals surface area contributed by atoms with Gasteiger partial charge >= 0.3 is 0 Å². The third-order valence-electron chi connectivity index (χ3n) is 5.36. The zero-order chi connectivity index (χ0) is 21.0. The first-order chi connectivity index (χ1) is 13.9. The van der Waals surface area contributed by atoms with Crippen molar-refractivity contribution in [2.24, 2.45) is 5.73 Å². The van der Waals surface area contributed by atoms with Gasteiger partial charge in [0, 0.05) is 42.2 Å². The van der Waals surface area contributed by atoms with Crippen LogP contribution in [-0.2, 0) is 0 Å². The molecule has 1 saturated carbocycles. The van der Waals surface area contributed by atoms with Gasteiger partial charge in [0.15, 0.2) is 0 Å². The first-order valence-corrected chi connectivity index (χ1v) is 9.59. The molecule has 152 valence electrons. The number of nitrogens with two attached hydrogens (primary N) is 1. The van der Waals surface area contributed by atoms with Crippen molar-refractivity contribution in [3.63, 3.8) is 0 Å². The van der Waals surface area contributed by atoms with Crippen LogP contribution in [-0.4, -0.2) is 29.8 Å². The summed E-state index contributed by atoms with van der Waals surface area (Å²) in [6.07, 6.45) is 5.73. The second-order valence-corrected chi connectivity index (χ2v) is 7.26. The van der Waals surface area contributed by atoms with Crippen molar-refractivity contribution in [1.29, 1.82) is 0 Å². The number of nitrogens with one attached hydrogen (secondary N) is 1. The van der Waals surface area contributed by atoms with E-state index in [2.05, 4.69) is 10.2 Å². The molecule has 0 atom stereocenters. The number of benzene rings is 2. The number of nitro benzene ring substituents is 1. The lowest BCUT2D eigenvalue weighted by Crippen LogP contribution is -2.34. The molecule has 0 aromatic heterocycles. The zero-order valence-electron chi connectivity index (χ0n) is 16.3. The number of nitro groups is 1. The van der Waals surface area contributed by atoms with Gasteiger partial charge in [0.25, 0.3) is 17.5 Å². The number of anilines is 2. The van der Waals surface area contributed by atoms with Crippen LogP contribution in [0.3, 0.4) is 0 Å². The van der Waals surface area contributed by atoms with Crippen molar-refractivity contribution in [1.82, 2.24) is 0 Å². The molecular weight excluding hydrogens is 372 g/mol. The average Bonchev–Trinajstić information content (AvgIpc) is 2.73. The number of non-ortho nitro benzene ring substituents is 1. The molecule has 0 bridgehead atoms. The fraction of sp³-hybridized carbons (Fsp3) is 0.333. The average molecular weight is 396 g/mol. The van der Waals surface area contributed by atoms with Gasteiger partial charge in [-0.15, -0.1) is 0 Å². The lowest BCUT2D eigenvalue weighted by Gasteiger charge is -2.34. The normalized spacial score (nSPS) is 14.2. The van der Waals surface area contributed by atoms with Gasteiger partial charge in [-0.3, -0.25) is 19.7 Å². The number of hydrogen-bond donors (Lipinski definition) is 2. The van der Waals surface area contributed by atoms with Crippen molar-refractivity contribution >= 4 is 28.9 Å². The molecule has 1 aliphatic rings. The molecule has 1 fully saturated rings. The fourth-order valence-corrected chi connectivity index (χ4v) is 3.72. The van der Waals surface area contributed by atoms with Crippen molar-refractivity contribution in [3.8, 4) is 0 Å². The highest BCUT2D eigenvalue weighted by Crippen LogP contribution is 2.30.